The van der Waals surface area contributed by atoms with Crippen molar-refractivity contribution in [3.8, 4) is 0 Å². The van der Waals surface area contributed by atoms with Crippen molar-refractivity contribution in [2.24, 2.45) is 0 Å². The van der Waals surface area contributed by atoms with Gasteiger partial charge in [-0.2, -0.15) is 0 Å². The number of carboxylic acids is 1. The summed E-state index contributed by atoms with van der Waals surface area (Å²) < 4.78 is 27.9. The number of aromatic carboxylic acids is 1. The molecule has 1 aromatic heterocycles. The summed E-state index contributed by atoms with van der Waals surface area (Å²) in [6, 6.07) is 1.79. The smallest absolute Gasteiger partial charge is 0.337 e. The molecule has 0 saturated heterocycles. The van der Waals surface area contributed by atoms with Crippen LogP contribution in [0.4, 0.5) is 20.2 Å². The fourth-order valence-corrected chi connectivity index (χ4v) is 2.13. The third-order valence-electron chi connectivity index (χ3n) is 3.02. The van der Waals surface area contributed by atoms with E-state index in [1.54, 1.807) is 13.8 Å². The number of rotatable bonds is 3. The maximum atomic E-state index is 13.9. The Morgan fingerprint density at radius 3 is 2.62 bits per heavy atom. The molecule has 0 amide bonds. The van der Waals surface area contributed by atoms with Gasteiger partial charge in [0.1, 0.15) is 0 Å². The highest BCUT2D eigenvalue weighted by atomic mass is 79.9. The van der Waals surface area contributed by atoms with Gasteiger partial charge >= 0.3 is 5.97 Å². The fraction of sp³-hybridized carbons (Fsp3) is 0.143. The molecule has 0 aliphatic rings. The van der Waals surface area contributed by atoms with Gasteiger partial charge in [0, 0.05) is 4.47 Å². The van der Waals surface area contributed by atoms with E-state index in [0.717, 1.165) is 17.8 Å². The van der Waals surface area contributed by atoms with Crippen LogP contribution < -0.4 is 5.32 Å². The molecule has 2 aromatic rings. The Kier molecular flexibility index (Phi) is 4.22. The van der Waals surface area contributed by atoms with E-state index in [4.69, 9.17) is 5.11 Å². The van der Waals surface area contributed by atoms with Crippen LogP contribution in [-0.2, 0) is 0 Å². The summed E-state index contributed by atoms with van der Waals surface area (Å²) >= 11 is 3.34. The SMILES string of the molecule is Cc1ncc(Nc2c(C(=O)O)ccc(F)c2F)c(C)c1Br. The summed E-state index contributed by atoms with van der Waals surface area (Å²) in [5.74, 6) is -3.72. The molecule has 2 rings (SSSR count). The zero-order chi connectivity index (χ0) is 15.7. The molecule has 0 spiro atoms. The summed E-state index contributed by atoms with van der Waals surface area (Å²) in [5.41, 5.74) is 1.05. The van der Waals surface area contributed by atoms with Crippen LogP contribution in [0.5, 0.6) is 0 Å². The van der Waals surface area contributed by atoms with E-state index in [1.165, 1.54) is 6.20 Å². The Bertz CT molecular complexity index is 735. The van der Waals surface area contributed by atoms with E-state index in [-0.39, 0.29) is 5.56 Å². The minimum Gasteiger partial charge on any atom is -0.478 e. The largest absolute Gasteiger partial charge is 0.478 e. The highest BCUT2D eigenvalue weighted by Gasteiger charge is 2.19. The molecule has 21 heavy (non-hydrogen) atoms. The number of aromatic nitrogens is 1. The minimum atomic E-state index is -1.35. The van der Waals surface area contributed by atoms with Crippen molar-refractivity contribution < 1.29 is 18.7 Å². The number of nitrogens with one attached hydrogen (secondary N) is 1. The predicted molar refractivity (Wildman–Crippen MR) is 78.0 cm³/mol. The number of anilines is 2. The number of pyridine rings is 1. The first kappa shape index (κ1) is 15.4. The standard InChI is InChI=1S/C14H11BrF2N2O2/c1-6-10(5-18-7(2)11(6)15)19-13-8(14(20)21)3-4-9(16)12(13)17/h3-5,19H,1-2H3,(H,20,21). The van der Waals surface area contributed by atoms with Crippen LogP contribution in [0.2, 0.25) is 0 Å². The molecular formula is C14H11BrF2N2O2. The molecule has 0 saturated carbocycles. The highest BCUT2D eigenvalue weighted by molar-refractivity contribution is 9.10. The van der Waals surface area contributed by atoms with Gasteiger partial charge in [-0.25, -0.2) is 13.6 Å². The topological polar surface area (TPSA) is 62.2 Å². The van der Waals surface area contributed by atoms with Crippen LogP contribution in [0.3, 0.4) is 0 Å². The van der Waals surface area contributed by atoms with E-state index in [9.17, 15) is 13.6 Å². The van der Waals surface area contributed by atoms with Crippen LogP contribution in [0, 0.1) is 25.5 Å². The molecule has 4 nitrogen and oxygen atoms in total. The van der Waals surface area contributed by atoms with Crippen LogP contribution >= 0.6 is 15.9 Å². The first-order chi connectivity index (χ1) is 9.82. The molecule has 0 bridgehead atoms. The second-order valence-electron chi connectivity index (χ2n) is 4.41. The lowest BCUT2D eigenvalue weighted by atomic mass is 10.1. The average molecular weight is 357 g/mol. The lowest BCUT2D eigenvalue weighted by Crippen LogP contribution is -2.08. The van der Waals surface area contributed by atoms with Crippen LogP contribution in [-0.4, -0.2) is 16.1 Å². The third-order valence-corrected chi connectivity index (χ3v) is 4.19. The zero-order valence-electron chi connectivity index (χ0n) is 11.2. The lowest BCUT2D eigenvalue weighted by molar-refractivity contribution is 0.0697. The van der Waals surface area contributed by atoms with Crippen molar-refractivity contribution in [3.05, 3.63) is 51.3 Å². The number of aryl methyl sites for hydroxylation is 1. The first-order valence-corrected chi connectivity index (χ1v) is 6.72. The summed E-state index contributed by atoms with van der Waals surface area (Å²) in [6.07, 6.45) is 1.44. The second kappa shape index (κ2) is 5.77. The molecule has 7 heteroatoms. The van der Waals surface area contributed by atoms with Gasteiger partial charge in [0.25, 0.3) is 0 Å². The van der Waals surface area contributed by atoms with Crippen LogP contribution in [0.15, 0.2) is 22.8 Å². The third kappa shape index (κ3) is 2.87. The zero-order valence-corrected chi connectivity index (χ0v) is 12.8. The molecule has 1 heterocycles. The molecule has 0 atom stereocenters. The molecule has 0 aliphatic carbocycles. The molecular weight excluding hydrogens is 346 g/mol. The van der Waals surface area contributed by atoms with E-state index < -0.39 is 23.3 Å². The first-order valence-electron chi connectivity index (χ1n) is 5.93. The average Bonchev–Trinajstić information content (AvgIpc) is 2.44. The number of hydrogen-bond donors (Lipinski definition) is 2. The summed E-state index contributed by atoms with van der Waals surface area (Å²) in [5, 5.41) is 11.7. The summed E-state index contributed by atoms with van der Waals surface area (Å²) in [6.45, 7) is 3.53. The molecule has 2 N–H and O–H groups in total. The van der Waals surface area contributed by atoms with Crippen molar-refractivity contribution in [2.75, 3.05) is 5.32 Å². The maximum Gasteiger partial charge on any atom is 0.337 e. The predicted octanol–water partition coefficient (Wildman–Crippen LogP) is 4.18. The van der Waals surface area contributed by atoms with Crippen molar-refractivity contribution >= 4 is 33.3 Å². The normalized spacial score (nSPS) is 10.5. The van der Waals surface area contributed by atoms with E-state index in [2.05, 4.69) is 26.2 Å². The van der Waals surface area contributed by atoms with Crippen LogP contribution in [0.1, 0.15) is 21.6 Å². The quantitative estimate of drug-likeness (QED) is 0.865. The summed E-state index contributed by atoms with van der Waals surface area (Å²) in [7, 11) is 0. The Hall–Kier alpha value is -2.02. The van der Waals surface area contributed by atoms with Gasteiger partial charge in [-0.3, -0.25) is 4.98 Å². The molecule has 1 aromatic carbocycles. The Labute approximate surface area is 128 Å². The Balaban J connectivity index is 2.56. The minimum absolute atomic E-state index is 0.356. The van der Waals surface area contributed by atoms with Gasteiger partial charge in [0.2, 0.25) is 0 Å². The number of nitrogens with zero attached hydrogens (tertiary/aromatic N) is 1. The molecule has 110 valence electrons. The second-order valence-corrected chi connectivity index (χ2v) is 5.20. The Morgan fingerprint density at radius 1 is 1.33 bits per heavy atom. The number of hydrogen-bond acceptors (Lipinski definition) is 3. The van der Waals surface area contributed by atoms with Crippen molar-refractivity contribution in [1.29, 1.82) is 0 Å². The molecule has 0 unspecified atom stereocenters. The van der Waals surface area contributed by atoms with Gasteiger partial charge in [-0.1, -0.05) is 0 Å². The highest BCUT2D eigenvalue weighted by Crippen LogP contribution is 2.31. The van der Waals surface area contributed by atoms with E-state index >= 15 is 0 Å². The van der Waals surface area contributed by atoms with Crippen molar-refractivity contribution in [2.45, 2.75) is 13.8 Å². The molecule has 0 radical (unpaired) electrons. The molecule has 0 fully saturated rings. The van der Waals surface area contributed by atoms with Gasteiger partial charge in [-0.15, -0.1) is 0 Å². The fourth-order valence-electron chi connectivity index (χ4n) is 1.82. The monoisotopic (exact) mass is 356 g/mol. The van der Waals surface area contributed by atoms with E-state index in [0.29, 0.717) is 15.7 Å². The van der Waals surface area contributed by atoms with Gasteiger partial charge < -0.3 is 10.4 Å². The van der Waals surface area contributed by atoms with E-state index in [1.807, 2.05) is 0 Å². The molecule has 0 aliphatic heterocycles. The number of benzene rings is 1. The van der Waals surface area contributed by atoms with Crippen LogP contribution in [0.25, 0.3) is 0 Å². The maximum absolute atomic E-state index is 13.9. The van der Waals surface area contributed by atoms with Gasteiger partial charge in [-0.05, 0) is 47.5 Å². The van der Waals surface area contributed by atoms with Crippen molar-refractivity contribution in [3.63, 3.8) is 0 Å². The van der Waals surface area contributed by atoms with Crippen molar-refractivity contribution in [1.82, 2.24) is 4.98 Å². The summed E-state index contributed by atoms with van der Waals surface area (Å²) in [4.78, 5) is 15.2. The number of halogens is 3. The Morgan fingerprint density at radius 2 is 2.00 bits per heavy atom. The lowest BCUT2D eigenvalue weighted by Gasteiger charge is -2.14. The number of carbonyl (C=O) groups is 1. The van der Waals surface area contributed by atoms with Gasteiger partial charge in [0.15, 0.2) is 11.6 Å². The number of carboxylic acid groups (broad SMARTS) is 1. The van der Waals surface area contributed by atoms with Gasteiger partial charge in [0.05, 0.1) is 28.8 Å².